The molecular weight excluding hydrogens is 455 g/mol. The number of fused-ring (bicyclic) bond motifs is 5. The van der Waals surface area contributed by atoms with Crippen LogP contribution in [0.25, 0.3) is 0 Å². The maximum Gasteiger partial charge on any atom is 0.211 e. The van der Waals surface area contributed by atoms with Gasteiger partial charge in [-0.1, -0.05) is 6.92 Å². The van der Waals surface area contributed by atoms with Crippen molar-refractivity contribution in [3.05, 3.63) is 0 Å². The number of carbonyl (C=O) groups excluding carboxylic acids is 1. The fraction of sp³-hybridized carbons (Fsp3) is 0.962. The number of rotatable bonds is 4. The van der Waals surface area contributed by atoms with Gasteiger partial charge in [-0.3, -0.25) is 9.69 Å². The summed E-state index contributed by atoms with van der Waals surface area (Å²) in [5.41, 5.74) is -0.765. The van der Waals surface area contributed by atoms with Crippen LogP contribution in [-0.2, 0) is 14.8 Å². The average molecular weight is 499 g/mol. The molecule has 5 rings (SSSR count). The third-order valence-corrected chi connectivity index (χ3v) is 12.1. The summed E-state index contributed by atoms with van der Waals surface area (Å²) in [5, 5.41) is 10.6. The Balaban J connectivity index is 1.24. The van der Waals surface area contributed by atoms with Gasteiger partial charge in [0, 0.05) is 32.1 Å². The molecular formula is C26H43FN2O4S. The van der Waals surface area contributed by atoms with Crippen molar-refractivity contribution in [3.63, 3.8) is 0 Å². The zero-order chi connectivity index (χ0) is 24.5. The zero-order valence-corrected chi connectivity index (χ0v) is 21.9. The lowest BCUT2D eigenvalue weighted by molar-refractivity contribution is -0.139. The molecule has 0 radical (unpaired) electrons. The van der Waals surface area contributed by atoms with Gasteiger partial charge in [-0.05, 0) is 93.3 Å². The van der Waals surface area contributed by atoms with Crippen LogP contribution in [0.3, 0.4) is 0 Å². The summed E-state index contributed by atoms with van der Waals surface area (Å²) in [6.45, 7) is 6.69. The van der Waals surface area contributed by atoms with E-state index in [9.17, 15) is 18.3 Å². The second kappa shape index (κ2) is 8.77. The summed E-state index contributed by atoms with van der Waals surface area (Å²) in [6.07, 6.45) is 7.40. The van der Waals surface area contributed by atoms with Crippen LogP contribution < -0.4 is 0 Å². The van der Waals surface area contributed by atoms with Crippen LogP contribution in [-0.4, -0.2) is 79.3 Å². The van der Waals surface area contributed by atoms with Crippen molar-refractivity contribution >= 4 is 15.8 Å². The highest BCUT2D eigenvalue weighted by molar-refractivity contribution is 7.88. The number of hydrogen-bond donors (Lipinski definition) is 1. The quantitative estimate of drug-likeness (QED) is 0.645. The Bertz CT molecular complexity index is 902. The number of aliphatic hydroxyl groups is 1. The monoisotopic (exact) mass is 498 g/mol. The molecule has 5 fully saturated rings. The van der Waals surface area contributed by atoms with E-state index < -0.39 is 21.8 Å². The topological polar surface area (TPSA) is 77.9 Å². The third-order valence-electron chi connectivity index (χ3n) is 10.8. The van der Waals surface area contributed by atoms with Gasteiger partial charge in [0.05, 0.1) is 18.4 Å². The van der Waals surface area contributed by atoms with E-state index in [1.54, 1.807) is 0 Å². The minimum Gasteiger partial charge on any atom is -0.390 e. The van der Waals surface area contributed by atoms with Crippen LogP contribution >= 0.6 is 0 Å². The van der Waals surface area contributed by atoms with Gasteiger partial charge in [0.1, 0.15) is 12.0 Å². The number of alkyl halides is 1. The zero-order valence-electron chi connectivity index (χ0n) is 21.1. The molecule has 0 spiro atoms. The minimum absolute atomic E-state index is 0.00112. The maximum absolute atomic E-state index is 15.5. The number of hydrogen-bond acceptors (Lipinski definition) is 5. The number of sulfonamides is 1. The van der Waals surface area contributed by atoms with E-state index in [2.05, 4.69) is 11.8 Å². The third kappa shape index (κ3) is 4.39. The predicted octanol–water partition coefficient (Wildman–Crippen LogP) is 3.10. The molecule has 9 atom stereocenters. The molecule has 1 N–H and O–H groups in total. The number of nitrogens with zero attached hydrogens (tertiary/aromatic N) is 2. The van der Waals surface area contributed by atoms with Gasteiger partial charge in [-0.15, -0.1) is 0 Å². The molecule has 1 aliphatic heterocycles. The lowest BCUT2D eigenvalue weighted by Crippen LogP contribution is -2.55. The summed E-state index contributed by atoms with van der Waals surface area (Å²) in [4.78, 5) is 15.6. The highest BCUT2D eigenvalue weighted by atomic mass is 32.2. The first-order valence-corrected chi connectivity index (χ1v) is 15.3. The number of Topliss-reactive ketones (excluding diaryl/α,β-unsaturated/α-hetero) is 1. The number of piperazine rings is 1. The van der Waals surface area contributed by atoms with Crippen LogP contribution in [0, 0.1) is 40.9 Å². The molecule has 6 nitrogen and oxygen atoms in total. The van der Waals surface area contributed by atoms with Crippen LogP contribution in [0.15, 0.2) is 0 Å². The van der Waals surface area contributed by atoms with Crippen molar-refractivity contribution in [2.24, 2.45) is 40.9 Å². The van der Waals surface area contributed by atoms with Gasteiger partial charge >= 0.3 is 0 Å². The van der Waals surface area contributed by atoms with E-state index in [0.29, 0.717) is 75.0 Å². The van der Waals surface area contributed by atoms with Gasteiger partial charge < -0.3 is 5.11 Å². The van der Waals surface area contributed by atoms with Crippen molar-refractivity contribution in [2.75, 3.05) is 39.0 Å². The molecule has 0 bridgehead atoms. The second-order valence-electron chi connectivity index (χ2n) is 12.8. The highest BCUT2D eigenvalue weighted by Gasteiger charge is 2.60. The van der Waals surface area contributed by atoms with Crippen molar-refractivity contribution in [3.8, 4) is 0 Å². The molecule has 0 amide bonds. The number of halogens is 1. The smallest absolute Gasteiger partial charge is 0.211 e. The number of ketones is 1. The van der Waals surface area contributed by atoms with Crippen molar-refractivity contribution in [1.29, 1.82) is 0 Å². The second-order valence-corrected chi connectivity index (χ2v) is 14.8. The van der Waals surface area contributed by atoms with E-state index in [0.717, 1.165) is 38.5 Å². The Kier molecular flexibility index (Phi) is 6.48. The van der Waals surface area contributed by atoms with Gasteiger partial charge in [0.2, 0.25) is 10.0 Å². The van der Waals surface area contributed by atoms with E-state index >= 15 is 4.39 Å². The fourth-order valence-electron chi connectivity index (χ4n) is 9.08. The van der Waals surface area contributed by atoms with Crippen LogP contribution in [0.1, 0.15) is 65.2 Å². The molecule has 1 saturated heterocycles. The first-order chi connectivity index (χ1) is 15.9. The molecule has 4 aliphatic carbocycles. The van der Waals surface area contributed by atoms with E-state index in [-0.39, 0.29) is 17.3 Å². The largest absolute Gasteiger partial charge is 0.390 e. The first kappa shape index (κ1) is 25.1. The molecule has 194 valence electrons. The molecule has 0 unspecified atom stereocenters. The van der Waals surface area contributed by atoms with Crippen LogP contribution in [0.4, 0.5) is 4.39 Å². The highest BCUT2D eigenvalue weighted by Crippen LogP contribution is 2.65. The lowest BCUT2D eigenvalue weighted by Gasteiger charge is -2.57. The van der Waals surface area contributed by atoms with E-state index in [4.69, 9.17) is 0 Å². The summed E-state index contributed by atoms with van der Waals surface area (Å²) < 4.78 is 40.5. The minimum atomic E-state index is -3.17. The standard InChI is InChI=1S/C26H43FN2O4S/c1-25(31)8-6-18-17-7-9-26(2)21(19(17)14-23(27)20(18)15-25)4-5-22(26)24(30)16-28-10-12-29(13-11-28)34(3,32)33/h17-23,31H,4-16H2,1-3H3/t17-,18-,19-,20-,21+,22-,23-,25-,26+/m1/s1. The van der Waals surface area contributed by atoms with Gasteiger partial charge in [-0.25, -0.2) is 12.8 Å². The Labute approximate surface area is 204 Å². The molecule has 34 heavy (non-hydrogen) atoms. The van der Waals surface area contributed by atoms with Crippen molar-refractivity contribution in [2.45, 2.75) is 77.0 Å². The van der Waals surface area contributed by atoms with E-state index in [1.807, 2.05) is 6.92 Å². The van der Waals surface area contributed by atoms with Crippen molar-refractivity contribution < 1.29 is 22.7 Å². The Morgan fingerprint density at radius 2 is 1.62 bits per heavy atom. The van der Waals surface area contributed by atoms with Gasteiger partial charge in [0.15, 0.2) is 0 Å². The van der Waals surface area contributed by atoms with Gasteiger partial charge in [-0.2, -0.15) is 4.31 Å². The molecule has 1 heterocycles. The summed E-state index contributed by atoms with van der Waals surface area (Å²) in [6, 6.07) is 0. The summed E-state index contributed by atoms with van der Waals surface area (Å²) in [7, 11) is -3.17. The molecule has 4 saturated carbocycles. The fourth-order valence-corrected chi connectivity index (χ4v) is 9.91. The molecule has 8 heteroatoms. The normalized spacial score (nSPS) is 48.1. The first-order valence-electron chi connectivity index (χ1n) is 13.5. The Hall–Kier alpha value is -0.570. The Morgan fingerprint density at radius 1 is 0.971 bits per heavy atom. The predicted molar refractivity (Wildman–Crippen MR) is 129 cm³/mol. The van der Waals surface area contributed by atoms with Crippen LogP contribution in [0.2, 0.25) is 0 Å². The van der Waals surface area contributed by atoms with Gasteiger partial charge in [0.25, 0.3) is 0 Å². The Morgan fingerprint density at radius 3 is 2.29 bits per heavy atom. The van der Waals surface area contributed by atoms with Crippen LogP contribution in [0.5, 0.6) is 0 Å². The maximum atomic E-state index is 15.5. The molecule has 5 aliphatic rings. The molecule has 0 aromatic heterocycles. The average Bonchev–Trinajstić information content (AvgIpc) is 3.11. The molecule has 0 aromatic rings. The lowest BCUT2D eigenvalue weighted by atomic mass is 9.48. The van der Waals surface area contributed by atoms with Crippen molar-refractivity contribution in [1.82, 2.24) is 9.21 Å². The number of carbonyl (C=O) groups is 1. The van der Waals surface area contributed by atoms with E-state index in [1.165, 1.54) is 10.6 Å². The summed E-state index contributed by atoms with van der Waals surface area (Å²) in [5.74, 6) is 2.06. The SMILES string of the molecule is C[C@@]1(O)CC[C@@H]2[C@H]3CC[C@]4(C)[C@@H](C(=O)CN5CCN(S(C)(=O)=O)CC5)CC[C@H]4[C@@H]3C[C@@H](F)[C@@H]2C1. The summed E-state index contributed by atoms with van der Waals surface area (Å²) >= 11 is 0. The molecule has 0 aromatic carbocycles.